The van der Waals surface area contributed by atoms with Crippen LogP contribution in [0.2, 0.25) is 0 Å². The molecule has 0 bridgehead atoms. The van der Waals surface area contributed by atoms with Gasteiger partial charge in [0.2, 0.25) is 5.91 Å². The lowest BCUT2D eigenvalue weighted by molar-refractivity contribution is -0.129. The van der Waals surface area contributed by atoms with E-state index in [0.29, 0.717) is 11.8 Å². The highest BCUT2D eigenvalue weighted by Gasteiger charge is 2.23. The van der Waals surface area contributed by atoms with Gasteiger partial charge < -0.3 is 10.2 Å². The number of benzene rings is 1. The Labute approximate surface area is 154 Å². The molecule has 1 aromatic carbocycles. The van der Waals surface area contributed by atoms with E-state index >= 15 is 0 Å². The van der Waals surface area contributed by atoms with Crippen LogP contribution in [0.5, 0.6) is 0 Å². The Kier molecular flexibility index (Phi) is 5.97. The normalized spacial score (nSPS) is 17.4. The number of hydrogen-bond acceptors (Lipinski definition) is 4. The van der Waals surface area contributed by atoms with Crippen LogP contribution in [-0.2, 0) is 4.79 Å². The minimum Gasteiger partial charge on any atom is -0.381 e. The SMILES string of the molecule is Cc1ccc(N[C@H]2CCCN(C(=O)CSc3ccncc3)C2)cc1C. The van der Waals surface area contributed by atoms with Crippen molar-refractivity contribution in [1.82, 2.24) is 9.88 Å². The number of piperidine rings is 1. The fourth-order valence-corrected chi connectivity index (χ4v) is 3.85. The number of nitrogens with one attached hydrogen (secondary N) is 1. The third-order valence-electron chi connectivity index (χ3n) is 4.66. The second-order valence-corrected chi connectivity index (χ2v) is 7.64. The van der Waals surface area contributed by atoms with E-state index in [4.69, 9.17) is 0 Å². The highest BCUT2D eigenvalue weighted by atomic mass is 32.2. The second-order valence-electron chi connectivity index (χ2n) is 6.59. The van der Waals surface area contributed by atoms with Crippen molar-refractivity contribution in [3.8, 4) is 0 Å². The molecule has 1 amide bonds. The standard InChI is InChI=1S/C20H25N3OS/c1-15-5-6-17(12-16(15)2)22-18-4-3-11-23(13-18)20(24)14-25-19-7-9-21-10-8-19/h5-10,12,18,22H,3-4,11,13-14H2,1-2H3/t18-/m0/s1. The molecule has 3 rings (SSSR count). The molecule has 1 N–H and O–H groups in total. The monoisotopic (exact) mass is 355 g/mol. The Balaban J connectivity index is 1.53. The highest BCUT2D eigenvalue weighted by Crippen LogP contribution is 2.21. The van der Waals surface area contributed by atoms with E-state index in [2.05, 4.69) is 42.3 Å². The molecule has 1 aliphatic rings. The number of rotatable bonds is 5. The molecule has 0 unspecified atom stereocenters. The number of likely N-dealkylation sites (tertiary alicyclic amines) is 1. The summed E-state index contributed by atoms with van der Waals surface area (Å²) in [7, 11) is 0. The van der Waals surface area contributed by atoms with Crippen LogP contribution in [0.15, 0.2) is 47.6 Å². The zero-order valence-corrected chi connectivity index (χ0v) is 15.7. The maximum absolute atomic E-state index is 12.5. The van der Waals surface area contributed by atoms with E-state index in [9.17, 15) is 4.79 Å². The van der Waals surface area contributed by atoms with Gasteiger partial charge in [-0.3, -0.25) is 9.78 Å². The average Bonchev–Trinajstić information content (AvgIpc) is 2.64. The summed E-state index contributed by atoms with van der Waals surface area (Å²) in [4.78, 5) is 19.6. The Hall–Kier alpha value is -2.01. The maximum Gasteiger partial charge on any atom is 0.233 e. The number of carbonyl (C=O) groups is 1. The van der Waals surface area contributed by atoms with Gasteiger partial charge in [0.05, 0.1) is 5.75 Å². The van der Waals surface area contributed by atoms with Crippen LogP contribution in [0.25, 0.3) is 0 Å². The number of amides is 1. The van der Waals surface area contributed by atoms with Gasteiger partial charge in [0.1, 0.15) is 0 Å². The van der Waals surface area contributed by atoms with Crippen LogP contribution in [0.3, 0.4) is 0 Å². The van der Waals surface area contributed by atoms with Crippen LogP contribution in [-0.4, -0.2) is 40.7 Å². The molecule has 1 atom stereocenters. The zero-order chi connectivity index (χ0) is 17.6. The summed E-state index contributed by atoms with van der Waals surface area (Å²) < 4.78 is 0. The quantitative estimate of drug-likeness (QED) is 0.827. The van der Waals surface area contributed by atoms with Gasteiger partial charge in [-0.1, -0.05) is 6.07 Å². The number of aromatic nitrogens is 1. The van der Waals surface area contributed by atoms with Crippen molar-refractivity contribution in [3.63, 3.8) is 0 Å². The van der Waals surface area contributed by atoms with E-state index in [1.165, 1.54) is 11.1 Å². The van der Waals surface area contributed by atoms with E-state index in [1.807, 2.05) is 17.0 Å². The Morgan fingerprint density at radius 3 is 2.80 bits per heavy atom. The molecule has 0 radical (unpaired) electrons. The summed E-state index contributed by atoms with van der Waals surface area (Å²) >= 11 is 1.58. The van der Waals surface area contributed by atoms with Gasteiger partial charge in [0.25, 0.3) is 0 Å². The average molecular weight is 356 g/mol. The summed E-state index contributed by atoms with van der Waals surface area (Å²) in [5, 5.41) is 3.60. The van der Waals surface area contributed by atoms with E-state index in [-0.39, 0.29) is 5.91 Å². The first-order chi connectivity index (χ1) is 12.1. The van der Waals surface area contributed by atoms with Crippen LogP contribution < -0.4 is 5.32 Å². The Bertz CT molecular complexity index is 720. The summed E-state index contributed by atoms with van der Waals surface area (Å²) in [5.41, 5.74) is 3.75. The first-order valence-electron chi connectivity index (χ1n) is 8.76. The molecule has 1 aromatic heterocycles. The minimum atomic E-state index is 0.216. The van der Waals surface area contributed by atoms with E-state index < -0.39 is 0 Å². The van der Waals surface area contributed by atoms with Crippen molar-refractivity contribution in [3.05, 3.63) is 53.9 Å². The van der Waals surface area contributed by atoms with E-state index in [1.54, 1.807) is 24.2 Å². The summed E-state index contributed by atoms with van der Waals surface area (Å²) in [5.74, 6) is 0.703. The lowest BCUT2D eigenvalue weighted by atomic mass is 10.0. The van der Waals surface area contributed by atoms with Gasteiger partial charge in [0, 0.05) is 42.1 Å². The molecule has 132 valence electrons. The molecule has 1 aliphatic heterocycles. The maximum atomic E-state index is 12.5. The van der Waals surface area contributed by atoms with Crippen molar-refractivity contribution >= 4 is 23.4 Å². The van der Waals surface area contributed by atoms with Crippen molar-refractivity contribution < 1.29 is 4.79 Å². The molecular weight excluding hydrogens is 330 g/mol. The summed E-state index contributed by atoms with van der Waals surface area (Å²) in [6, 6.07) is 10.7. The Morgan fingerprint density at radius 2 is 2.04 bits per heavy atom. The van der Waals surface area contributed by atoms with Gasteiger partial charge in [-0.25, -0.2) is 0 Å². The summed E-state index contributed by atoms with van der Waals surface area (Å²) in [6.45, 7) is 5.90. The number of thioether (sulfide) groups is 1. The fraction of sp³-hybridized carbons (Fsp3) is 0.400. The number of aryl methyl sites for hydroxylation is 2. The van der Waals surface area contributed by atoms with Crippen LogP contribution in [0.1, 0.15) is 24.0 Å². The van der Waals surface area contributed by atoms with Crippen molar-refractivity contribution in [2.75, 3.05) is 24.2 Å². The third-order valence-corrected chi connectivity index (χ3v) is 5.66. The molecule has 2 heterocycles. The van der Waals surface area contributed by atoms with Gasteiger partial charge >= 0.3 is 0 Å². The molecule has 0 saturated carbocycles. The molecular formula is C20H25N3OS. The topological polar surface area (TPSA) is 45.2 Å². The second kappa shape index (κ2) is 8.39. The summed E-state index contributed by atoms with van der Waals surface area (Å²) in [6.07, 6.45) is 5.68. The molecule has 25 heavy (non-hydrogen) atoms. The first kappa shape index (κ1) is 17.8. The highest BCUT2D eigenvalue weighted by molar-refractivity contribution is 8.00. The van der Waals surface area contributed by atoms with Crippen molar-refractivity contribution in [1.29, 1.82) is 0 Å². The van der Waals surface area contributed by atoms with Gasteiger partial charge in [-0.2, -0.15) is 0 Å². The predicted molar refractivity (Wildman–Crippen MR) is 104 cm³/mol. The molecule has 1 saturated heterocycles. The molecule has 2 aromatic rings. The number of hydrogen-bond donors (Lipinski definition) is 1. The molecule has 1 fully saturated rings. The van der Waals surface area contributed by atoms with Crippen LogP contribution in [0, 0.1) is 13.8 Å². The number of nitrogens with zero attached hydrogens (tertiary/aromatic N) is 2. The van der Waals surface area contributed by atoms with Crippen molar-refractivity contribution in [2.45, 2.75) is 37.6 Å². The van der Waals surface area contributed by atoms with Gasteiger partial charge in [0.15, 0.2) is 0 Å². The van der Waals surface area contributed by atoms with Crippen LogP contribution >= 0.6 is 11.8 Å². The predicted octanol–water partition coefficient (Wildman–Crippen LogP) is 3.89. The lowest BCUT2D eigenvalue weighted by Crippen LogP contribution is -2.45. The molecule has 0 spiro atoms. The molecule has 4 nitrogen and oxygen atoms in total. The van der Waals surface area contributed by atoms with Gasteiger partial charge in [-0.15, -0.1) is 11.8 Å². The number of carbonyl (C=O) groups excluding carboxylic acids is 1. The third kappa shape index (κ3) is 4.98. The zero-order valence-electron chi connectivity index (χ0n) is 14.9. The first-order valence-corrected chi connectivity index (χ1v) is 9.75. The van der Waals surface area contributed by atoms with E-state index in [0.717, 1.165) is 36.5 Å². The van der Waals surface area contributed by atoms with Crippen LogP contribution in [0.4, 0.5) is 5.69 Å². The molecule has 0 aliphatic carbocycles. The largest absolute Gasteiger partial charge is 0.381 e. The lowest BCUT2D eigenvalue weighted by Gasteiger charge is -2.34. The Morgan fingerprint density at radius 1 is 1.24 bits per heavy atom. The minimum absolute atomic E-state index is 0.216. The number of pyridine rings is 1. The molecule has 5 heteroatoms. The number of anilines is 1. The van der Waals surface area contributed by atoms with Gasteiger partial charge in [-0.05, 0) is 62.1 Å². The smallest absolute Gasteiger partial charge is 0.233 e. The fourth-order valence-electron chi connectivity index (χ4n) is 3.06. The van der Waals surface area contributed by atoms with Crippen molar-refractivity contribution in [2.24, 2.45) is 0 Å².